The predicted molar refractivity (Wildman–Crippen MR) is 113 cm³/mol. The molecule has 0 amide bonds. The number of Topliss-reactive ketones (excluding diaryl/α,β-unsaturated/α-hetero) is 2. The summed E-state index contributed by atoms with van der Waals surface area (Å²) in [5, 5.41) is 0. The molecule has 0 saturated carbocycles. The van der Waals surface area contributed by atoms with Gasteiger partial charge in [0, 0.05) is 36.0 Å². The summed E-state index contributed by atoms with van der Waals surface area (Å²) in [6.45, 7) is 4.32. The molecule has 0 aliphatic rings. The Morgan fingerprint density at radius 2 is 1.36 bits per heavy atom. The predicted octanol–water partition coefficient (Wildman–Crippen LogP) is 6.06. The van der Waals surface area contributed by atoms with Crippen LogP contribution in [0, 0.1) is 5.92 Å². The summed E-state index contributed by atoms with van der Waals surface area (Å²) in [5.74, 6) is 0.619. The average Bonchev–Trinajstić information content (AvgIpc) is 2.74. The number of rotatable bonds is 12. The lowest BCUT2D eigenvalue weighted by Crippen LogP contribution is -2.11. The van der Waals surface area contributed by atoms with E-state index in [1.807, 2.05) is 18.2 Å². The van der Waals surface area contributed by atoms with E-state index in [4.69, 9.17) is 0 Å². The van der Waals surface area contributed by atoms with Crippen molar-refractivity contribution in [1.29, 1.82) is 0 Å². The van der Waals surface area contributed by atoms with E-state index >= 15 is 0 Å². The Balaban J connectivity index is 1.93. The average molecular weight is 379 g/mol. The zero-order chi connectivity index (χ0) is 20.4. The van der Waals surface area contributed by atoms with Crippen LogP contribution in [0.4, 0.5) is 0 Å². The van der Waals surface area contributed by atoms with Crippen LogP contribution in [0.3, 0.4) is 0 Å². The summed E-state index contributed by atoms with van der Waals surface area (Å²) in [5.41, 5.74) is 1.44. The first-order chi connectivity index (χ1) is 13.6. The zero-order valence-electron chi connectivity index (χ0n) is 16.9. The standard InChI is InChI=1S/C25H30O3/c1-3-19(4-2)17-18-21(26)13-10-16-24(27)22-14-8-9-15-23(22)25(28)20-11-6-5-7-12-20/h5-9,11-12,14-15,19H,3-4,10,13,16-18H2,1-2H3. The van der Waals surface area contributed by atoms with Gasteiger partial charge in [-0.05, 0) is 18.8 Å². The number of carbonyl (C=O) groups excluding carboxylic acids is 3. The first-order valence-corrected chi connectivity index (χ1v) is 10.3. The van der Waals surface area contributed by atoms with Crippen LogP contribution in [-0.2, 0) is 4.79 Å². The maximum absolute atomic E-state index is 12.8. The highest BCUT2D eigenvalue weighted by atomic mass is 16.1. The molecule has 0 fully saturated rings. The lowest BCUT2D eigenvalue weighted by atomic mass is 9.93. The van der Waals surface area contributed by atoms with Gasteiger partial charge in [0.1, 0.15) is 5.78 Å². The van der Waals surface area contributed by atoms with Gasteiger partial charge < -0.3 is 0 Å². The van der Waals surface area contributed by atoms with Crippen molar-refractivity contribution < 1.29 is 14.4 Å². The summed E-state index contributed by atoms with van der Waals surface area (Å²) >= 11 is 0. The second-order valence-electron chi connectivity index (χ2n) is 7.28. The van der Waals surface area contributed by atoms with Gasteiger partial charge in [0.25, 0.3) is 0 Å². The molecule has 0 N–H and O–H groups in total. The maximum atomic E-state index is 12.8. The van der Waals surface area contributed by atoms with E-state index in [9.17, 15) is 14.4 Å². The van der Waals surface area contributed by atoms with Crippen molar-refractivity contribution in [2.45, 2.75) is 58.8 Å². The molecule has 28 heavy (non-hydrogen) atoms. The third-order valence-electron chi connectivity index (χ3n) is 5.35. The molecule has 0 spiro atoms. The molecule has 0 aliphatic heterocycles. The molecule has 2 rings (SSSR count). The minimum absolute atomic E-state index is 0.0762. The second kappa shape index (κ2) is 11.3. The molecule has 0 radical (unpaired) electrons. The highest BCUT2D eigenvalue weighted by Gasteiger charge is 2.18. The number of carbonyl (C=O) groups is 3. The van der Waals surface area contributed by atoms with Crippen LogP contribution < -0.4 is 0 Å². The number of hydrogen-bond acceptors (Lipinski definition) is 3. The van der Waals surface area contributed by atoms with Crippen molar-refractivity contribution in [3.05, 3.63) is 71.3 Å². The number of ketones is 3. The van der Waals surface area contributed by atoms with Gasteiger partial charge in [-0.15, -0.1) is 0 Å². The van der Waals surface area contributed by atoms with Crippen LogP contribution in [0.25, 0.3) is 0 Å². The molecule has 2 aromatic carbocycles. The van der Waals surface area contributed by atoms with Crippen molar-refractivity contribution in [2.75, 3.05) is 0 Å². The Hall–Kier alpha value is -2.55. The summed E-state index contributed by atoms with van der Waals surface area (Å²) < 4.78 is 0. The van der Waals surface area contributed by atoms with Crippen molar-refractivity contribution in [3.8, 4) is 0 Å². The van der Waals surface area contributed by atoms with E-state index in [0.717, 1.165) is 19.3 Å². The molecule has 0 aromatic heterocycles. The van der Waals surface area contributed by atoms with Gasteiger partial charge in [0.05, 0.1) is 0 Å². The maximum Gasteiger partial charge on any atom is 0.193 e. The van der Waals surface area contributed by atoms with Crippen molar-refractivity contribution >= 4 is 17.3 Å². The van der Waals surface area contributed by atoms with E-state index in [0.29, 0.717) is 41.9 Å². The van der Waals surface area contributed by atoms with E-state index in [-0.39, 0.29) is 23.8 Å². The quantitative estimate of drug-likeness (QED) is 0.422. The van der Waals surface area contributed by atoms with Crippen LogP contribution in [-0.4, -0.2) is 17.3 Å². The summed E-state index contributed by atoms with van der Waals surface area (Å²) in [4.78, 5) is 37.5. The molecule has 0 unspecified atom stereocenters. The van der Waals surface area contributed by atoms with E-state index in [1.54, 1.807) is 36.4 Å². The Kier molecular flexibility index (Phi) is 8.80. The fourth-order valence-electron chi connectivity index (χ4n) is 3.44. The van der Waals surface area contributed by atoms with Crippen LogP contribution in [0.15, 0.2) is 54.6 Å². The third-order valence-corrected chi connectivity index (χ3v) is 5.35. The molecule has 0 bridgehead atoms. The van der Waals surface area contributed by atoms with Crippen LogP contribution in [0.5, 0.6) is 0 Å². The van der Waals surface area contributed by atoms with Gasteiger partial charge in [0.2, 0.25) is 0 Å². The molecule has 3 nitrogen and oxygen atoms in total. The highest BCUT2D eigenvalue weighted by Crippen LogP contribution is 2.19. The topological polar surface area (TPSA) is 51.2 Å². The Bertz CT molecular complexity index is 788. The summed E-state index contributed by atoms with van der Waals surface area (Å²) in [7, 11) is 0. The SMILES string of the molecule is CCC(CC)CCC(=O)CCCC(=O)c1ccccc1C(=O)c1ccccc1. The molecule has 0 aliphatic carbocycles. The summed E-state index contributed by atoms with van der Waals surface area (Å²) in [6.07, 6.45) is 5.01. The monoisotopic (exact) mass is 378 g/mol. The molecule has 0 heterocycles. The van der Waals surface area contributed by atoms with Gasteiger partial charge in [-0.3, -0.25) is 14.4 Å². The van der Waals surface area contributed by atoms with Gasteiger partial charge in [-0.2, -0.15) is 0 Å². The molecular formula is C25H30O3. The fraction of sp³-hybridized carbons (Fsp3) is 0.400. The molecule has 2 aromatic rings. The highest BCUT2D eigenvalue weighted by molar-refractivity contribution is 6.15. The van der Waals surface area contributed by atoms with Gasteiger partial charge in [-0.1, -0.05) is 81.3 Å². The molecular weight excluding hydrogens is 348 g/mol. The van der Waals surface area contributed by atoms with Crippen LogP contribution >= 0.6 is 0 Å². The number of benzene rings is 2. The molecule has 148 valence electrons. The van der Waals surface area contributed by atoms with Crippen molar-refractivity contribution in [3.63, 3.8) is 0 Å². The van der Waals surface area contributed by atoms with E-state index in [1.165, 1.54) is 0 Å². The van der Waals surface area contributed by atoms with Gasteiger partial charge in [0.15, 0.2) is 11.6 Å². The zero-order valence-corrected chi connectivity index (χ0v) is 16.9. The first kappa shape index (κ1) is 21.7. The van der Waals surface area contributed by atoms with Gasteiger partial charge >= 0.3 is 0 Å². The lowest BCUT2D eigenvalue weighted by molar-refractivity contribution is -0.119. The van der Waals surface area contributed by atoms with Gasteiger partial charge in [-0.25, -0.2) is 0 Å². The smallest absolute Gasteiger partial charge is 0.193 e. The van der Waals surface area contributed by atoms with Crippen LogP contribution in [0.1, 0.15) is 85.1 Å². The van der Waals surface area contributed by atoms with E-state index < -0.39 is 0 Å². The van der Waals surface area contributed by atoms with E-state index in [2.05, 4.69) is 13.8 Å². The second-order valence-corrected chi connectivity index (χ2v) is 7.28. The summed E-state index contributed by atoms with van der Waals surface area (Å²) in [6, 6.07) is 15.9. The minimum atomic E-state index is -0.147. The molecule has 0 saturated heterocycles. The van der Waals surface area contributed by atoms with Crippen molar-refractivity contribution in [2.24, 2.45) is 5.92 Å². The lowest BCUT2D eigenvalue weighted by Gasteiger charge is -2.11. The largest absolute Gasteiger partial charge is 0.300 e. The third kappa shape index (κ3) is 6.26. The molecule has 3 heteroatoms. The number of hydrogen-bond donors (Lipinski definition) is 0. The molecule has 0 atom stereocenters. The van der Waals surface area contributed by atoms with Crippen molar-refractivity contribution in [1.82, 2.24) is 0 Å². The Morgan fingerprint density at radius 3 is 2.00 bits per heavy atom. The Labute approximate surface area is 168 Å². The fourth-order valence-corrected chi connectivity index (χ4v) is 3.44. The minimum Gasteiger partial charge on any atom is -0.300 e. The van der Waals surface area contributed by atoms with Crippen LogP contribution in [0.2, 0.25) is 0 Å². The normalized spacial score (nSPS) is 10.8. The first-order valence-electron chi connectivity index (χ1n) is 10.3. The Morgan fingerprint density at radius 1 is 0.750 bits per heavy atom.